The topological polar surface area (TPSA) is 90.0 Å². The predicted octanol–water partition coefficient (Wildman–Crippen LogP) is 1.70. The number of hydrogen-bond acceptors (Lipinski definition) is 5. The van der Waals surface area contributed by atoms with E-state index >= 15 is 0 Å². The van der Waals surface area contributed by atoms with Gasteiger partial charge in [0.2, 0.25) is 0 Å². The Kier molecular flexibility index (Phi) is 3.19. The average molecular weight is 328 g/mol. The van der Waals surface area contributed by atoms with Crippen molar-refractivity contribution < 1.29 is 9.90 Å². The van der Waals surface area contributed by atoms with E-state index < -0.39 is 5.97 Å². The molecular weight excluding hydrogens is 316 g/mol. The van der Waals surface area contributed by atoms with Gasteiger partial charge in [-0.15, -0.1) is 0 Å². The van der Waals surface area contributed by atoms with E-state index in [2.05, 4.69) is 10.1 Å². The van der Waals surface area contributed by atoms with E-state index in [4.69, 9.17) is 5.11 Å². The third-order valence-corrected chi connectivity index (χ3v) is 4.88. The number of carboxylic acids is 1. The van der Waals surface area contributed by atoms with Crippen LogP contribution in [-0.4, -0.2) is 36.2 Å². The Labute approximate surface area is 134 Å². The summed E-state index contributed by atoms with van der Waals surface area (Å²) in [5, 5.41) is 14.2. The van der Waals surface area contributed by atoms with Crippen LogP contribution >= 0.6 is 11.8 Å². The lowest BCUT2D eigenvalue weighted by atomic mass is 10.2. The van der Waals surface area contributed by atoms with Crippen molar-refractivity contribution in [3.63, 3.8) is 0 Å². The van der Waals surface area contributed by atoms with Crippen LogP contribution in [-0.2, 0) is 4.79 Å². The first-order chi connectivity index (χ1) is 11.1. The standard InChI is InChI=1S/C15H12N4O3S/c20-12(21)6-10-8-23-15-17-13-11(14(22)18(10)15)7-16-19(13)9-4-2-1-3-5-9/h1-5,7,10H,6,8H2,(H,20,21)/t10-/m0/s1. The van der Waals surface area contributed by atoms with Crippen molar-refractivity contribution in [2.45, 2.75) is 17.6 Å². The monoisotopic (exact) mass is 328 g/mol. The number of hydrogen-bond donors (Lipinski definition) is 1. The summed E-state index contributed by atoms with van der Waals surface area (Å²) < 4.78 is 3.11. The van der Waals surface area contributed by atoms with Gasteiger partial charge in [-0.2, -0.15) is 5.10 Å². The highest BCUT2D eigenvalue weighted by Gasteiger charge is 2.29. The van der Waals surface area contributed by atoms with E-state index in [0.717, 1.165) is 5.69 Å². The zero-order valence-corrected chi connectivity index (χ0v) is 12.7. The molecule has 1 aliphatic rings. The molecule has 1 N–H and O–H groups in total. The molecule has 1 aromatic carbocycles. The molecule has 0 amide bonds. The van der Waals surface area contributed by atoms with Gasteiger partial charge in [0.15, 0.2) is 10.8 Å². The highest BCUT2D eigenvalue weighted by molar-refractivity contribution is 7.99. The maximum absolute atomic E-state index is 12.7. The second-order valence-electron chi connectivity index (χ2n) is 5.26. The highest BCUT2D eigenvalue weighted by atomic mass is 32.2. The van der Waals surface area contributed by atoms with Crippen molar-refractivity contribution in [1.82, 2.24) is 19.3 Å². The first-order valence-electron chi connectivity index (χ1n) is 7.05. The first kappa shape index (κ1) is 14.0. The number of carboxylic acid groups (broad SMARTS) is 1. The number of aromatic nitrogens is 4. The molecule has 116 valence electrons. The van der Waals surface area contributed by atoms with Gasteiger partial charge in [0, 0.05) is 5.75 Å². The number of thioether (sulfide) groups is 1. The van der Waals surface area contributed by atoms with Crippen molar-refractivity contribution in [1.29, 1.82) is 0 Å². The highest BCUT2D eigenvalue weighted by Crippen LogP contribution is 2.33. The summed E-state index contributed by atoms with van der Waals surface area (Å²) in [7, 11) is 0. The van der Waals surface area contributed by atoms with Crippen molar-refractivity contribution in [2.24, 2.45) is 0 Å². The molecule has 8 heteroatoms. The van der Waals surface area contributed by atoms with Crippen LogP contribution in [0.15, 0.2) is 46.5 Å². The normalized spacial score (nSPS) is 16.6. The van der Waals surface area contributed by atoms with Crippen molar-refractivity contribution in [2.75, 3.05) is 5.75 Å². The van der Waals surface area contributed by atoms with E-state index in [1.807, 2.05) is 30.3 Å². The summed E-state index contributed by atoms with van der Waals surface area (Å²) in [5.41, 5.74) is 1.09. The third-order valence-electron chi connectivity index (χ3n) is 3.78. The number of carbonyl (C=O) groups is 1. The number of benzene rings is 1. The molecule has 4 rings (SSSR count). The van der Waals surface area contributed by atoms with Crippen molar-refractivity contribution in [3.8, 4) is 5.69 Å². The van der Waals surface area contributed by atoms with Crippen LogP contribution in [0.1, 0.15) is 12.5 Å². The van der Waals surface area contributed by atoms with E-state index in [9.17, 15) is 9.59 Å². The molecule has 0 fully saturated rings. The van der Waals surface area contributed by atoms with Gasteiger partial charge < -0.3 is 5.11 Å². The van der Waals surface area contributed by atoms with Crippen LogP contribution in [0, 0.1) is 0 Å². The molecule has 1 atom stereocenters. The van der Waals surface area contributed by atoms with Gasteiger partial charge in [-0.25, -0.2) is 9.67 Å². The minimum absolute atomic E-state index is 0.0834. The first-order valence-corrected chi connectivity index (χ1v) is 8.04. The molecule has 0 saturated carbocycles. The molecule has 0 unspecified atom stereocenters. The summed E-state index contributed by atoms with van der Waals surface area (Å²) >= 11 is 1.40. The smallest absolute Gasteiger partial charge is 0.305 e. The lowest BCUT2D eigenvalue weighted by molar-refractivity contribution is -0.137. The Hall–Kier alpha value is -2.61. The number of para-hydroxylation sites is 1. The Bertz CT molecular complexity index is 964. The van der Waals surface area contributed by atoms with Crippen LogP contribution in [0.25, 0.3) is 16.7 Å². The molecule has 0 spiro atoms. The van der Waals surface area contributed by atoms with Gasteiger partial charge in [-0.05, 0) is 12.1 Å². The maximum Gasteiger partial charge on any atom is 0.305 e. The Balaban J connectivity index is 1.91. The number of rotatable bonds is 3. The van der Waals surface area contributed by atoms with E-state index in [-0.39, 0.29) is 18.0 Å². The largest absolute Gasteiger partial charge is 0.481 e. The molecular formula is C15H12N4O3S. The van der Waals surface area contributed by atoms with Crippen LogP contribution in [0.4, 0.5) is 0 Å². The fourth-order valence-corrected chi connectivity index (χ4v) is 3.87. The van der Waals surface area contributed by atoms with Crippen LogP contribution in [0.2, 0.25) is 0 Å². The molecule has 0 aliphatic carbocycles. The molecule has 0 bridgehead atoms. The summed E-state index contributed by atoms with van der Waals surface area (Å²) in [4.78, 5) is 28.2. The lowest BCUT2D eigenvalue weighted by Crippen LogP contribution is -2.26. The zero-order valence-electron chi connectivity index (χ0n) is 11.9. The molecule has 2 aromatic heterocycles. The fraction of sp³-hybridized carbons (Fsp3) is 0.200. The molecule has 0 radical (unpaired) electrons. The van der Waals surface area contributed by atoms with Gasteiger partial charge in [0.05, 0.1) is 24.3 Å². The fourth-order valence-electron chi connectivity index (χ4n) is 2.74. The molecule has 7 nitrogen and oxygen atoms in total. The Morgan fingerprint density at radius 2 is 2.13 bits per heavy atom. The summed E-state index contributed by atoms with van der Waals surface area (Å²) in [5.74, 6) is -0.379. The van der Waals surface area contributed by atoms with Crippen LogP contribution in [0.3, 0.4) is 0 Å². The quantitative estimate of drug-likeness (QED) is 0.736. The van der Waals surface area contributed by atoms with E-state index in [0.29, 0.717) is 21.9 Å². The summed E-state index contributed by atoms with van der Waals surface area (Å²) in [6.45, 7) is 0. The molecule has 3 heterocycles. The number of nitrogens with zero attached hydrogens (tertiary/aromatic N) is 4. The zero-order chi connectivity index (χ0) is 16.0. The van der Waals surface area contributed by atoms with Gasteiger partial charge in [0.1, 0.15) is 5.39 Å². The minimum Gasteiger partial charge on any atom is -0.481 e. The summed E-state index contributed by atoms with van der Waals surface area (Å²) in [6, 6.07) is 9.10. The van der Waals surface area contributed by atoms with E-state index in [1.54, 1.807) is 4.68 Å². The van der Waals surface area contributed by atoms with Gasteiger partial charge in [-0.1, -0.05) is 30.0 Å². The van der Waals surface area contributed by atoms with Gasteiger partial charge in [0.25, 0.3) is 5.56 Å². The second kappa shape index (κ2) is 5.24. The Morgan fingerprint density at radius 1 is 1.35 bits per heavy atom. The van der Waals surface area contributed by atoms with Crippen LogP contribution in [0.5, 0.6) is 0 Å². The van der Waals surface area contributed by atoms with E-state index in [1.165, 1.54) is 22.5 Å². The van der Waals surface area contributed by atoms with Gasteiger partial charge in [-0.3, -0.25) is 14.2 Å². The summed E-state index contributed by atoms with van der Waals surface area (Å²) in [6.07, 6.45) is 1.41. The Morgan fingerprint density at radius 3 is 2.87 bits per heavy atom. The predicted molar refractivity (Wildman–Crippen MR) is 85.1 cm³/mol. The lowest BCUT2D eigenvalue weighted by Gasteiger charge is -2.10. The second-order valence-corrected chi connectivity index (χ2v) is 6.25. The molecule has 0 saturated heterocycles. The third kappa shape index (κ3) is 2.22. The molecule has 23 heavy (non-hydrogen) atoms. The average Bonchev–Trinajstić information content (AvgIpc) is 3.13. The van der Waals surface area contributed by atoms with Crippen molar-refractivity contribution in [3.05, 3.63) is 46.9 Å². The minimum atomic E-state index is -0.921. The number of fused-ring (bicyclic) bond motifs is 2. The molecule has 3 aromatic rings. The van der Waals surface area contributed by atoms with Gasteiger partial charge >= 0.3 is 5.97 Å². The van der Waals surface area contributed by atoms with Crippen LogP contribution < -0.4 is 5.56 Å². The maximum atomic E-state index is 12.7. The number of aliphatic carboxylic acids is 1. The SMILES string of the molecule is O=C(O)C[C@H]1CSc2nc3c(cnn3-c3ccccc3)c(=O)n21. The molecule has 1 aliphatic heterocycles. The van der Waals surface area contributed by atoms with Crippen molar-refractivity contribution >= 4 is 28.8 Å².